The summed E-state index contributed by atoms with van der Waals surface area (Å²) in [7, 11) is 0. The number of rotatable bonds is 7. The highest BCUT2D eigenvalue weighted by Crippen LogP contribution is 2.26. The molecule has 4 heteroatoms. The number of hydrogen-bond donors (Lipinski definition) is 2. The summed E-state index contributed by atoms with van der Waals surface area (Å²) in [5, 5.41) is 8.25. The van der Waals surface area contributed by atoms with Crippen LogP contribution in [0.5, 0.6) is 0 Å². The monoisotopic (exact) mass is 302 g/mol. The van der Waals surface area contributed by atoms with Gasteiger partial charge in [0.05, 0.1) is 6.54 Å². The first-order valence-corrected chi connectivity index (χ1v) is 8.01. The Balaban J connectivity index is 1.70. The van der Waals surface area contributed by atoms with E-state index in [2.05, 4.69) is 42.0 Å². The Kier molecular flexibility index (Phi) is 5.53. The average molecular weight is 302 g/mol. The second kappa shape index (κ2) is 7.38. The molecule has 21 heavy (non-hydrogen) atoms. The molecule has 2 N–H and O–H groups in total. The van der Waals surface area contributed by atoms with E-state index in [1.54, 1.807) is 11.3 Å². The largest absolute Gasteiger partial charge is 0.351 e. The topological polar surface area (TPSA) is 41.1 Å². The summed E-state index contributed by atoms with van der Waals surface area (Å²) in [6.45, 7) is 6.09. The molecule has 1 heterocycles. The van der Waals surface area contributed by atoms with Crippen LogP contribution < -0.4 is 10.6 Å². The molecule has 2 aromatic rings. The highest BCUT2D eigenvalue weighted by atomic mass is 32.1. The van der Waals surface area contributed by atoms with Gasteiger partial charge in [-0.25, -0.2) is 0 Å². The molecule has 0 aliphatic heterocycles. The molecule has 0 aliphatic rings. The van der Waals surface area contributed by atoms with Crippen LogP contribution in [0.3, 0.4) is 0 Å². The van der Waals surface area contributed by atoms with Crippen molar-refractivity contribution >= 4 is 17.2 Å². The van der Waals surface area contributed by atoms with E-state index in [0.29, 0.717) is 13.1 Å². The van der Waals surface area contributed by atoms with E-state index in [0.717, 1.165) is 12.1 Å². The minimum Gasteiger partial charge on any atom is -0.351 e. The summed E-state index contributed by atoms with van der Waals surface area (Å²) in [5.41, 5.74) is 1.17. The Morgan fingerprint density at radius 1 is 1.14 bits per heavy atom. The van der Waals surface area contributed by atoms with Crippen molar-refractivity contribution in [1.29, 1.82) is 0 Å². The van der Waals surface area contributed by atoms with Gasteiger partial charge in [0.25, 0.3) is 0 Å². The summed E-state index contributed by atoms with van der Waals surface area (Å²) in [4.78, 5) is 13.2. The fourth-order valence-corrected chi connectivity index (χ4v) is 2.95. The molecular weight excluding hydrogens is 280 g/mol. The van der Waals surface area contributed by atoms with Crippen molar-refractivity contribution in [3.8, 4) is 0 Å². The summed E-state index contributed by atoms with van der Waals surface area (Å²) in [5.74, 6) is 0.0285. The summed E-state index contributed by atoms with van der Waals surface area (Å²) >= 11 is 1.76. The molecule has 3 nitrogen and oxygen atoms in total. The van der Waals surface area contributed by atoms with Crippen LogP contribution in [-0.4, -0.2) is 19.0 Å². The first-order chi connectivity index (χ1) is 10.1. The van der Waals surface area contributed by atoms with Gasteiger partial charge in [-0.2, -0.15) is 0 Å². The van der Waals surface area contributed by atoms with E-state index in [-0.39, 0.29) is 11.3 Å². The van der Waals surface area contributed by atoms with Crippen LogP contribution in [-0.2, 0) is 16.8 Å². The molecule has 0 spiro atoms. The lowest BCUT2D eigenvalue weighted by atomic mass is 9.91. The maximum absolute atomic E-state index is 11.8. The maximum Gasteiger partial charge on any atom is 0.234 e. The van der Waals surface area contributed by atoms with Gasteiger partial charge in [0.1, 0.15) is 0 Å². The first-order valence-electron chi connectivity index (χ1n) is 7.13. The van der Waals surface area contributed by atoms with E-state index in [9.17, 15) is 4.79 Å². The summed E-state index contributed by atoms with van der Waals surface area (Å²) in [6, 6.07) is 14.1. The second-order valence-corrected chi connectivity index (χ2v) is 6.67. The number of amides is 1. The maximum atomic E-state index is 11.8. The molecule has 0 saturated carbocycles. The third kappa shape index (κ3) is 4.99. The second-order valence-electron chi connectivity index (χ2n) is 5.73. The molecular formula is C17H22N2OS. The molecule has 0 radical (unpaired) electrons. The van der Waals surface area contributed by atoms with Gasteiger partial charge in [0.15, 0.2) is 0 Å². The van der Waals surface area contributed by atoms with Gasteiger partial charge in [-0.1, -0.05) is 50.2 Å². The van der Waals surface area contributed by atoms with Crippen molar-refractivity contribution in [3.63, 3.8) is 0 Å². The molecule has 1 aromatic heterocycles. The number of carbonyl (C=O) groups is 1. The molecule has 112 valence electrons. The molecule has 0 aliphatic carbocycles. The zero-order valence-electron chi connectivity index (χ0n) is 12.6. The third-order valence-corrected chi connectivity index (χ3v) is 4.61. The van der Waals surface area contributed by atoms with Crippen LogP contribution in [0, 0.1) is 0 Å². The fourth-order valence-electron chi connectivity index (χ4n) is 2.10. The molecule has 0 saturated heterocycles. The number of thiophene rings is 1. The number of hydrogen-bond acceptors (Lipinski definition) is 3. The number of benzene rings is 1. The van der Waals surface area contributed by atoms with Gasteiger partial charge < -0.3 is 10.6 Å². The minimum atomic E-state index is 0.0285. The van der Waals surface area contributed by atoms with E-state index >= 15 is 0 Å². The molecule has 0 atom stereocenters. The van der Waals surface area contributed by atoms with E-state index in [1.165, 1.54) is 4.88 Å². The Hall–Kier alpha value is -1.65. The lowest BCUT2D eigenvalue weighted by molar-refractivity contribution is -0.120. The van der Waals surface area contributed by atoms with Crippen LogP contribution >= 0.6 is 11.3 Å². The van der Waals surface area contributed by atoms with Crippen LogP contribution in [0.1, 0.15) is 24.3 Å². The van der Waals surface area contributed by atoms with Crippen LogP contribution in [0.25, 0.3) is 0 Å². The van der Waals surface area contributed by atoms with E-state index in [4.69, 9.17) is 0 Å². The molecule has 2 rings (SSSR count). The predicted molar refractivity (Wildman–Crippen MR) is 88.5 cm³/mol. The molecule has 0 bridgehead atoms. The molecule has 0 unspecified atom stereocenters. The van der Waals surface area contributed by atoms with Gasteiger partial charge in [0.2, 0.25) is 5.91 Å². The van der Waals surface area contributed by atoms with Crippen molar-refractivity contribution in [2.24, 2.45) is 0 Å². The lowest BCUT2D eigenvalue weighted by Crippen LogP contribution is -2.39. The van der Waals surface area contributed by atoms with E-state index < -0.39 is 0 Å². The molecule has 0 fully saturated rings. The van der Waals surface area contributed by atoms with Gasteiger partial charge in [-0.3, -0.25) is 4.79 Å². The number of carbonyl (C=O) groups excluding carboxylic acids is 1. The highest BCUT2D eigenvalue weighted by Gasteiger charge is 2.21. The number of nitrogens with one attached hydrogen (secondary N) is 2. The lowest BCUT2D eigenvalue weighted by Gasteiger charge is -2.23. The van der Waals surface area contributed by atoms with Crippen molar-refractivity contribution in [2.75, 3.05) is 13.1 Å². The van der Waals surface area contributed by atoms with Crippen molar-refractivity contribution in [3.05, 3.63) is 58.3 Å². The molecule has 1 amide bonds. The normalized spacial score (nSPS) is 11.3. The standard InChI is InChI=1S/C17H22N2OS/c1-17(2,15-9-6-10-21-15)13-18-12-16(20)19-11-14-7-4-3-5-8-14/h3-10,18H,11-13H2,1-2H3,(H,19,20). The smallest absolute Gasteiger partial charge is 0.234 e. The van der Waals surface area contributed by atoms with Crippen molar-refractivity contribution < 1.29 is 4.79 Å². The first kappa shape index (κ1) is 15.7. The van der Waals surface area contributed by atoms with Crippen LogP contribution in [0.15, 0.2) is 47.8 Å². The van der Waals surface area contributed by atoms with Gasteiger partial charge >= 0.3 is 0 Å². The summed E-state index contributed by atoms with van der Waals surface area (Å²) in [6.07, 6.45) is 0. The third-order valence-electron chi connectivity index (χ3n) is 3.37. The Bertz CT molecular complexity index is 549. The van der Waals surface area contributed by atoms with Gasteiger partial charge in [0, 0.05) is 23.4 Å². The van der Waals surface area contributed by atoms with Gasteiger partial charge in [-0.05, 0) is 17.0 Å². The highest BCUT2D eigenvalue weighted by molar-refractivity contribution is 7.10. The van der Waals surface area contributed by atoms with Crippen LogP contribution in [0.2, 0.25) is 0 Å². The quantitative estimate of drug-likeness (QED) is 0.825. The molecule has 1 aromatic carbocycles. The van der Waals surface area contributed by atoms with Gasteiger partial charge in [-0.15, -0.1) is 11.3 Å². The van der Waals surface area contributed by atoms with Crippen molar-refractivity contribution in [1.82, 2.24) is 10.6 Å². The Labute approximate surface area is 130 Å². The van der Waals surface area contributed by atoms with Crippen molar-refractivity contribution in [2.45, 2.75) is 25.8 Å². The van der Waals surface area contributed by atoms with E-state index in [1.807, 2.05) is 30.3 Å². The SMILES string of the molecule is CC(C)(CNCC(=O)NCc1ccccc1)c1cccs1. The minimum absolute atomic E-state index is 0.0285. The zero-order valence-corrected chi connectivity index (χ0v) is 13.4. The zero-order chi connectivity index (χ0) is 15.1. The fraction of sp³-hybridized carbons (Fsp3) is 0.353. The predicted octanol–water partition coefficient (Wildman–Crippen LogP) is 2.93. The summed E-state index contributed by atoms with van der Waals surface area (Å²) < 4.78 is 0. The Morgan fingerprint density at radius 2 is 1.90 bits per heavy atom. The average Bonchev–Trinajstić information content (AvgIpc) is 3.01. The van der Waals surface area contributed by atoms with Crippen LogP contribution in [0.4, 0.5) is 0 Å². The Morgan fingerprint density at radius 3 is 2.57 bits per heavy atom.